The van der Waals surface area contributed by atoms with Crippen molar-refractivity contribution < 1.29 is 18.0 Å². The second-order valence-corrected chi connectivity index (χ2v) is 7.89. The van der Waals surface area contributed by atoms with E-state index in [0.717, 1.165) is 30.2 Å². The van der Waals surface area contributed by atoms with Crippen molar-refractivity contribution in [1.82, 2.24) is 15.2 Å². The number of amides is 1. The van der Waals surface area contributed by atoms with E-state index in [1.54, 1.807) is 12.4 Å². The molecule has 1 unspecified atom stereocenters. The van der Waals surface area contributed by atoms with Gasteiger partial charge in [0.15, 0.2) is 5.82 Å². The van der Waals surface area contributed by atoms with Crippen molar-refractivity contribution in [2.24, 2.45) is 5.92 Å². The zero-order chi connectivity index (χ0) is 22.7. The van der Waals surface area contributed by atoms with E-state index in [4.69, 9.17) is 11.6 Å². The molecule has 32 heavy (non-hydrogen) atoms. The minimum absolute atomic E-state index is 0.0508. The highest BCUT2D eigenvalue weighted by atomic mass is 35.5. The van der Waals surface area contributed by atoms with Crippen LogP contribution in [0.1, 0.15) is 18.4 Å². The molecule has 3 aromatic rings. The SMILES string of the molecule is O=C(Nc1cc(C(F)(F)F)ccc1Cl)C1CCCN(c2ccc(-c3ccncc3)nn2)C1. The van der Waals surface area contributed by atoms with Crippen LogP contribution in [-0.2, 0) is 11.0 Å². The lowest BCUT2D eigenvalue weighted by molar-refractivity contribution is -0.137. The molecular formula is C22H19ClF3N5O. The molecule has 1 aliphatic rings. The molecule has 10 heteroatoms. The van der Waals surface area contributed by atoms with E-state index < -0.39 is 17.7 Å². The van der Waals surface area contributed by atoms with E-state index in [2.05, 4.69) is 20.5 Å². The predicted octanol–water partition coefficient (Wildman–Crippen LogP) is 5.07. The molecule has 1 fully saturated rings. The van der Waals surface area contributed by atoms with Crippen LogP contribution >= 0.6 is 11.6 Å². The molecule has 1 aromatic carbocycles. The first-order chi connectivity index (χ1) is 15.3. The van der Waals surface area contributed by atoms with Crippen LogP contribution < -0.4 is 10.2 Å². The molecule has 0 radical (unpaired) electrons. The largest absolute Gasteiger partial charge is 0.416 e. The van der Waals surface area contributed by atoms with Crippen molar-refractivity contribution >= 4 is 29.0 Å². The van der Waals surface area contributed by atoms with Crippen molar-refractivity contribution in [3.63, 3.8) is 0 Å². The molecule has 0 aliphatic carbocycles. The maximum atomic E-state index is 13.0. The Kier molecular flexibility index (Phi) is 6.27. The van der Waals surface area contributed by atoms with Crippen LogP contribution in [0.2, 0.25) is 5.02 Å². The van der Waals surface area contributed by atoms with Crippen molar-refractivity contribution in [2.45, 2.75) is 19.0 Å². The highest BCUT2D eigenvalue weighted by Crippen LogP contribution is 2.34. The molecule has 1 N–H and O–H groups in total. The first kappa shape index (κ1) is 22.0. The molecule has 166 valence electrons. The number of nitrogens with one attached hydrogen (secondary N) is 1. The maximum absolute atomic E-state index is 13.0. The minimum Gasteiger partial charge on any atom is -0.354 e. The van der Waals surface area contributed by atoms with Crippen molar-refractivity contribution in [2.75, 3.05) is 23.3 Å². The number of carbonyl (C=O) groups excluding carboxylic acids is 1. The van der Waals surface area contributed by atoms with E-state index in [-0.39, 0.29) is 16.6 Å². The summed E-state index contributed by atoms with van der Waals surface area (Å²) in [6.07, 6.45) is 0.182. The van der Waals surface area contributed by atoms with Crippen LogP contribution in [0.25, 0.3) is 11.3 Å². The standard InChI is InChI=1S/C22H19ClF3N5O/c23-17-4-3-16(22(24,25)26)12-19(17)28-21(32)15-2-1-11-31(13-15)20-6-5-18(29-30-20)14-7-9-27-10-8-14/h3-10,12,15H,1-2,11,13H2,(H,28,32). The lowest BCUT2D eigenvalue weighted by Crippen LogP contribution is -2.41. The van der Waals surface area contributed by atoms with Crippen LogP contribution in [-0.4, -0.2) is 34.2 Å². The highest BCUT2D eigenvalue weighted by Gasteiger charge is 2.32. The predicted molar refractivity (Wildman–Crippen MR) is 115 cm³/mol. The van der Waals surface area contributed by atoms with Crippen LogP contribution in [0.5, 0.6) is 0 Å². The number of rotatable bonds is 4. The van der Waals surface area contributed by atoms with Gasteiger partial charge in [-0.25, -0.2) is 0 Å². The second-order valence-electron chi connectivity index (χ2n) is 7.48. The first-order valence-electron chi connectivity index (χ1n) is 9.98. The van der Waals surface area contributed by atoms with E-state index in [1.165, 1.54) is 0 Å². The van der Waals surface area contributed by atoms with Gasteiger partial charge in [-0.05, 0) is 55.3 Å². The second kappa shape index (κ2) is 9.12. The smallest absolute Gasteiger partial charge is 0.354 e. The average molecular weight is 462 g/mol. The zero-order valence-corrected chi connectivity index (χ0v) is 17.6. The number of halogens is 4. The summed E-state index contributed by atoms with van der Waals surface area (Å²) in [5, 5.41) is 11.2. The number of alkyl halides is 3. The number of nitrogens with zero attached hydrogens (tertiary/aromatic N) is 4. The Balaban J connectivity index is 1.44. The first-order valence-corrected chi connectivity index (χ1v) is 10.4. The van der Waals surface area contributed by atoms with Crippen molar-refractivity contribution in [1.29, 1.82) is 0 Å². The molecule has 0 bridgehead atoms. The van der Waals surface area contributed by atoms with Crippen LogP contribution in [0.15, 0.2) is 54.9 Å². The summed E-state index contributed by atoms with van der Waals surface area (Å²) in [5.41, 5.74) is 0.687. The Morgan fingerprint density at radius 1 is 1.09 bits per heavy atom. The number of carbonyl (C=O) groups is 1. The monoisotopic (exact) mass is 461 g/mol. The molecule has 1 atom stereocenters. The van der Waals surface area contributed by atoms with Gasteiger partial charge in [0.2, 0.25) is 5.91 Å². The number of aromatic nitrogens is 3. The van der Waals surface area contributed by atoms with Crippen LogP contribution in [0, 0.1) is 5.92 Å². The average Bonchev–Trinajstić information content (AvgIpc) is 2.80. The molecule has 6 nitrogen and oxygen atoms in total. The van der Waals surface area contributed by atoms with E-state index in [0.29, 0.717) is 31.0 Å². The van der Waals surface area contributed by atoms with E-state index >= 15 is 0 Å². The van der Waals surface area contributed by atoms with Gasteiger partial charge in [0, 0.05) is 31.0 Å². The van der Waals surface area contributed by atoms with Gasteiger partial charge in [-0.15, -0.1) is 10.2 Å². The number of benzene rings is 1. The molecule has 1 amide bonds. The molecular weight excluding hydrogens is 443 g/mol. The fraction of sp³-hybridized carbons (Fsp3) is 0.273. The Bertz CT molecular complexity index is 1090. The Morgan fingerprint density at radius 3 is 2.56 bits per heavy atom. The van der Waals surface area contributed by atoms with Gasteiger partial charge in [0.05, 0.1) is 27.9 Å². The third-order valence-electron chi connectivity index (χ3n) is 5.29. The molecule has 4 rings (SSSR count). The molecule has 2 aromatic heterocycles. The summed E-state index contributed by atoms with van der Waals surface area (Å²) >= 11 is 6.00. The van der Waals surface area contributed by atoms with Gasteiger partial charge in [0.25, 0.3) is 0 Å². The zero-order valence-electron chi connectivity index (χ0n) is 16.8. The Labute approximate surface area is 187 Å². The summed E-state index contributed by atoms with van der Waals surface area (Å²) in [5.74, 6) is -0.161. The Hall–Kier alpha value is -3.20. The number of hydrogen-bond acceptors (Lipinski definition) is 5. The van der Waals surface area contributed by atoms with Gasteiger partial charge in [-0.1, -0.05) is 11.6 Å². The summed E-state index contributed by atoms with van der Waals surface area (Å²) in [6.45, 7) is 1.09. The normalized spacial score (nSPS) is 16.6. The molecule has 1 saturated heterocycles. The van der Waals surface area contributed by atoms with Gasteiger partial charge in [0.1, 0.15) is 0 Å². The molecule has 1 aliphatic heterocycles. The molecule has 0 saturated carbocycles. The van der Waals surface area contributed by atoms with E-state index in [9.17, 15) is 18.0 Å². The summed E-state index contributed by atoms with van der Waals surface area (Å²) < 4.78 is 39.0. The Morgan fingerprint density at radius 2 is 1.88 bits per heavy atom. The lowest BCUT2D eigenvalue weighted by atomic mass is 9.97. The lowest BCUT2D eigenvalue weighted by Gasteiger charge is -2.32. The minimum atomic E-state index is -4.52. The van der Waals surface area contributed by atoms with Gasteiger partial charge in [-0.3, -0.25) is 9.78 Å². The topological polar surface area (TPSA) is 71.0 Å². The maximum Gasteiger partial charge on any atom is 0.416 e. The number of pyridine rings is 1. The summed E-state index contributed by atoms with van der Waals surface area (Å²) in [6, 6.07) is 10.2. The number of anilines is 2. The highest BCUT2D eigenvalue weighted by molar-refractivity contribution is 6.33. The summed E-state index contributed by atoms with van der Waals surface area (Å²) in [4.78, 5) is 18.7. The van der Waals surface area contributed by atoms with Gasteiger partial charge < -0.3 is 10.2 Å². The third kappa shape index (κ3) is 4.99. The van der Waals surface area contributed by atoms with E-state index in [1.807, 2.05) is 29.2 Å². The third-order valence-corrected chi connectivity index (χ3v) is 5.62. The quantitative estimate of drug-likeness (QED) is 0.587. The van der Waals surface area contributed by atoms with Crippen LogP contribution in [0.4, 0.5) is 24.7 Å². The summed E-state index contributed by atoms with van der Waals surface area (Å²) in [7, 11) is 0. The molecule has 3 heterocycles. The van der Waals surface area contributed by atoms with Crippen LogP contribution in [0.3, 0.4) is 0 Å². The van der Waals surface area contributed by atoms with Gasteiger partial charge in [-0.2, -0.15) is 13.2 Å². The fourth-order valence-corrected chi connectivity index (χ4v) is 3.77. The number of piperidine rings is 1. The fourth-order valence-electron chi connectivity index (χ4n) is 3.60. The van der Waals surface area contributed by atoms with Gasteiger partial charge >= 0.3 is 6.18 Å². The molecule has 0 spiro atoms. The number of hydrogen-bond donors (Lipinski definition) is 1. The van der Waals surface area contributed by atoms with Crippen molar-refractivity contribution in [3.05, 3.63) is 65.4 Å². The van der Waals surface area contributed by atoms with Crippen molar-refractivity contribution in [3.8, 4) is 11.3 Å².